The molecule has 2 N–H and O–H groups in total. The number of ether oxygens (including phenoxy) is 2. The second kappa shape index (κ2) is 5.27. The first kappa shape index (κ1) is 12.7. The van der Waals surface area contributed by atoms with Crippen LogP contribution in [0.25, 0.3) is 0 Å². The molecule has 0 saturated heterocycles. The highest BCUT2D eigenvalue weighted by molar-refractivity contribution is 5.95. The molecule has 0 spiro atoms. The van der Waals surface area contributed by atoms with E-state index in [0.29, 0.717) is 17.1 Å². The molecule has 1 unspecified atom stereocenters. The molecule has 0 saturated carbocycles. The molecule has 18 heavy (non-hydrogen) atoms. The van der Waals surface area contributed by atoms with Gasteiger partial charge in [-0.2, -0.15) is 0 Å². The highest BCUT2D eigenvalue weighted by Crippen LogP contribution is 2.32. The van der Waals surface area contributed by atoms with Crippen LogP contribution < -0.4 is 14.8 Å². The number of aliphatic hydroxyl groups is 1. The van der Waals surface area contributed by atoms with Gasteiger partial charge in [-0.25, -0.2) is 0 Å². The molecule has 0 radical (unpaired) electrons. The summed E-state index contributed by atoms with van der Waals surface area (Å²) in [6.45, 7) is 4.00. The number of rotatable bonds is 4. The molecule has 0 aromatic heterocycles. The Morgan fingerprint density at radius 2 is 2.11 bits per heavy atom. The van der Waals surface area contributed by atoms with E-state index in [1.165, 1.54) is 0 Å². The molecule has 1 aromatic carbocycles. The monoisotopic (exact) mass is 251 g/mol. The minimum absolute atomic E-state index is 0.0754. The first-order valence-electron chi connectivity index (χ1n) is 5.93. The van der Waals surface area contributed by atoms with Gasteiger partial charge in [0.25, 0.3) is 5.91 Å². The van der Waals surface area contributed by atoms with Crippen LogP contribution in [0.3, 0.4) is 0 Å². The Morgan fingerprint density at radius 3 is 2.78 bits per heavy atom. The van der Waals surface area contributed by atoms with E-state index in [2.05, 4.69) is 5.32 Å². The smallest absolute Gasteiger partial charge is 0.251 e. The fraction of sp³-hybridized carbons (Fsp3) is 0.462. The van der Waals surface area contributed by atoms with Crippen molar-refractivity contribution in [1.82, 2.24) is 5.32 Å². The number of hydrogen-bond acceptors (Lipinski definition) is 4. The van der Waals surface area contributed by atoms with E-state index in [1.54, 1.807) is 18.2 Å². The Morgan fingerprint density at radius 1 is 1.39 bits per heavy atom. The zero-order valence-corrected chi connectivity index (χ0v) is 10.5. The van der Waals surface area contributed by atoms with Crippen molar-refractivity contribution < 1.29 is 19.4 Å². The molecule has 1 aliphatic rings. The number of benzene rings is 1. The Bertz CT molecular complexity index is 445. The van der Waals surface area contributed by atoms with Crippen LogP contribution in [0.5, 0.6) is 11.5 Å². The number of hydrogen-bond donors (Lipinski definition) is 2. The molecule has 0 aliphatic carbocycles. The van der Waals surface area contributed by atoms with Crippen LogP contribution in [0.1, 0.15) is 24.2 Å². The highest BCUT2D eigenvalue weighted by atomic mass is 16.7. The number of carbonyl (C=O) groups is 1. The number of fused-ring (bicyclic) bond motifs is 1. The van der Waals surface area contributed by atoms with Crippen molar-refractivity contribution in [2.24, 2.45) is 5.92 Å². The molecule has 0 bridgehead atoms. The number of aliphatic hydroxyl groups excluding tert-OH is 1. The van der Waals surface area contributed by atoms with E-state index in [0.717, 1.165) is 0 Å². The molecule has 1 atom stereocenters. The van der Waals surface area contributed by atoms with E-state index < -0.39 is 0 Å². The van der Waals surface area contributed by atoms with Gasteiger partial charge >= 0.3 is 0 Å². The van der Waals surface area contributed by atoms with Gasteiger partial charge in [-0.1, -0.05) is 13.8 Å². The average molecular weight is 251 g/mol. The molecular weight excluding hydrogens is 234 g/mol. The summed E-state index contributed by atoms with van der Waals surface area (Å²) in [6.07, 6.45) is 0. The summed E-state index contributed by atoms with van der Waals surface area (Å²) < 4.78 is 10.4. The standard InChI is InChI=1S/C13H17NO4/c1-8(2)10(6-15)14-13(16)9-3-4-11-12(5-9)18-7-17-11/h3-5,8,10,15H,6-7H2,1-2H3,(H,14,16). The van der Waals surface area contributed by atoms with E-state index >= 15 is 0 Å². The summed E-state index contributed by atoms with van der Waals surface area (Å²) in [5.74, 6) is 1.18. The minimum atomic E-state index is -0.247. The third kappa shape index (κ3) is 2.56. The fourth-order valence-electron chi connectivity index (χ4n) is 1.71. The largest absolute Gasteiger partial charge is 0.454 e. The topological polar surface area (TPSA) is 67.8 Å². The first-order chi connectivity index (χ1) is 8.61. The maximum atomic E-state index is 12.0. The van der Waals surface area contributed by atoms with Crippen LogP contribution in [0, 0.1) is 5.92 Å². The molecule has 5 heteroatoms. The van der Waals surface area contributed by atoms with Gasteiger partial charge in [-0.05, 0) is 24.1 Å². The molecule has 98 valence electrons. The Balaban J connectivity index is 2.09. The molecule has 0 fully saturated rings. The number of carbonyl (C=O) groups excluding carboxylic acids is 1. The summed E-state index contributed by atoms with van der Waals surface area (Å²) in [5, 5.41) is 12.0. The van der Waals surface area contributed by atoms with Crippen molar-refractivity contribution in [3.05, 3.63) is 23.8 Å². The lowest BCUT2D eigenvalue weighted by Crippen LogP contribution is -2.41. The van der Waals surface area contributed by atoms with Crippen molar-refractivity contribution in [2.75, 3.05) is 13.4 Å². The van der Waals surface area contributed by atoms with Crippen LogP contribution in [0.4, 0.5) is 0 Å². The van der Waals surface area contributed by atoms with Crippen LogP contribution in [-0.2, 0) is 0 Å². The summed E-state index contributed by atoms with van der Waals surface area (Å²) in [7, 11) is 0. The van der Waals surface area contributed by atoms with Crippen LogP contribution >= 0.6 is 0 Å². The summed E-state index contributed by atoms with van der Waals surface area (Å²) in [4.78, 5) is 12.0. The Labute approximate surface area is 106 Å². The lowest BCUT2D eigenvalue weighted by Gasteiger charge is -2.19. The highest BCUT2D eigenvalue weighted by Gasteiger charge is 2.19. The molecule has 1 heterocycles. The predicted octanol–water partition coefficient (Wildman–Crippen LogP) is 1.16. The molecule has 1 aromatic rings. The summed E-state index contributed by atoms with van der Waals surface area (Å²) in [5.41, 5.74) is 0.498. The Kier molecular flexibility index (Phi) is 3.72. The van der Waals surface area contributed by atoms with E-state index in [4.69, 9.17) is 9.47 Å². The van der Waals surface area contributed by atoms with Gasteiger partial charge in [0.2, 0.25) is 6.79 Å². The number of amides is 1. The van der Waals surface area contributed by atoms with Crippen molar-refractivity contribution in [1.29, 1.82) is 0 Å². The maximum Gasteiger partial charge on any atom is 0.251 e. The van der Waals surface area contributed by atoms with Gasteiger partial charge in [0.05, 0.1) is 12.6 Å². The van der Waals surface area contributed by atoms with Crippen molar-refractivity contribution in [2.45, 2.75) is 19.9 Å². The first-order valence-corrected chi connectivity index (χ1v) is 5.93. The quantitative estimate of drug-likeness (QED) is 0.842. The Hall–Kier alpha value is -1.75. The van der Waals surface area contributed by atoms with Gasteiger partial charge in [0.15, 0.2) is 11.5 Å². The molecule has 5 nitrogen and oxygen atoms in total. The third-order valence-corrected chi connectivity index (χ3v) is 2.95. The predicted molar refractivity (Wildman–Crippen MR) is 65.7 cm³/mol. The summed E-state index contributed by atoms with van der Waals surface area (Å²) >= 11 is 0. The summed E-state index contributed by atoms with van der Waals surface area (Å²) in [6, 6.07) is 4.79. The van der Waals surface area contributed by atoms with Gasteiger partial charge in [0, 0.05) is 5.56 Å². The van der Waals surface area contributed by atoms with Crippen LogP contribution in [0.2, 0.25) is 0 Å². The average Bonchev–Trinajstić information content (AvgIpc) is 2.82. The maximum absolute atomic E-state index is 12.0. The molecule has 1 amide bonds. The normalized spacial score (nSPS) is 14.7. The second-order valence-corrected chi connectivity index (χ2v) is 4.57. The molecule has 1 aliphatic heterocycles. The second-order valence-electron chi connectivity index (χ2n) is 4.57. The van der Waals surface area contributed by atoms with Crippen LogP contribution in [-0.4, -0.2) is 30.5 Å². The van der Waals surface area contributed by atoms with Crippen molar-refractivity contribution >= 4 is 5.91 Å². The zero-order chi connectivity index (χ0) is 13.1. The van der Waals surface area contributed by atoms with E-state index in [1.807, 2.05) is 13.8 Å². The van der Waals surface area contributed by atoms with E-state index in [9.17, 15) is 9.90 Å². The molecule has 2 rings (SSSR count). The van der Waals surface area contributed by atoms with Gasteiger partial charge < -0.3 is 19.9 Å². The van der Waals surface area contributed by atoms with Gasteiger partial charge in [-0.15, -0.1) is 0 Å². The van der Waals surface area contributed by atoms with E-state index in [-0.39, 0.29) is 31.3 Å². The SMILES string of the molecule is CC(C)C(CO)NC(=O)c1ccc2c(c1)OCO2. The zero-order valence-electron chi connectivity index (χ0n) is 10.5. The van der Waals surface area contributed by atoms with Gasteiger partial charge in [0.1, 0.15) is 0 Å². The van der Waals surface area contributed by atoms with Crippen LogP contribution in [0.15, 0.2) is 18.2 Å². The molecular formula is C13H17NO4. The fourth-order valence-corrected chi connectivity index (χ4v) is 1.71. The third-order valence-electron chi connectivity index (χ3n) is 2.95. The van der Waals surface area contributed by atoms with Crippen molar-refractivity contribution in [3.63, 3.8) is 0 Å². The van der Waals surface area contributed by atoms with Crippen molar-refractivity contribution in [3.8, 4) is 11.5 Å². The minimum Gasteiger partial charge on any atom is -0.454 e. The lowest BCUT2D eigenvalue weighted by atomic mass is 10.0. The van der Waals surface area contributed by atoms with Gasteiger partial charge in [-0.3, -0.25) is 4.79 Å². The lowest BCUT2D eigenvalue weighted by molar-refractivity contribution is 0.0896. The number of nitrogens with one attached hydrogen (secondary N) is 1.